The maximum atomic E-state index is 14.8. The lowest BCUT2D eigenvalue weighted by Gasteiger charge is -2.22. The van der Waals surface area contributed by atoms with E-state index in [1.54, 1.807) is 29.9 Å². The summed E-state index contributed by atoms with van der Waals surface area (Å²) in [5.74, 6) is 0.477. The Morgan fingerprint density at radius 2 is 1.91 bits per heavy atom. The Morgan fingerprint density at radius 1 is 1.06 bits per heavy atom. The molecule has 1 aliphatic carbocycles. The molecule has 2 heterocycles. The van der Waals surface area contributed by atoms with Crippen LogP contribution in [0.5, 0.6) is 11.6 Å². The molecule has 0 saturated heterocycles. The highest BCUT2D eigenvalue weighted by molar-refractivity contribution is 8.00. The molecule has 1 fully saturated rings. The minimum absolute atomic E-state index is 0.0834. The van der Waals surface area contributed by atoms with E-state index in [0.29, 0.717) is 34.3 Å². The van der Waals surface area contributed by atoms with Crippen LogP contribution in [0.4, 0.5) is 16.0 Å². The number of halogens is 2. The third kappa shape index (κ3) is 6.04. The van der Waals surface area contributed by atoms with Crippen LogP contribution < -0.4 is 14.8 Å². The summed E-state index contributed by atoms with van der Waals surface area (Å²) >= 11 is 8.88. The van der Waals surface area contributed by atoms with Gasteiger partial charge in [0.05, 0.1) is 16.2 Å². The van der Waals surface area contributed by atoms with E-state index in [-0.39, 0.29) is 5.75 Å². The minimum Gasteiger partial charge on any atom is -0.434 e. The first kappa shape index (κ1) is 23.8. The van der Waals surface area contributed by atoms with Crippen molar-refractivity contribution < 1.29 is 9.13 Å². The Morgan fingerprint density at radius 3 is 2.74 bits per heavy atom. The molecular weight excluding hydrogens is 505 g/mol. The first-order chi connectivity index (χ1) is 17.2. The van der Waals surface area contributed by atoms with E-state index in [9.17, 15) is 4.39 Å². The number of nitrogens with zero attached hydrogens (tertiary/aromatic N) is 3. The Bertz CT molecular complexity index is 1300. The van der Waals surface area contributed by atoms with Crippen molar-refractivity contribution >= 4 is 46.5 Å². The van der Waals surface area contributed by atoms with Crippen molar-refractivity contribution in [1.82, 2.24) is 15.0 Å². The molecule has 4 aromatic rings. The van der Waals surface area contributed by atoms with Crippen LogP contribution in [-0.4, -0.2) is 21.0 Å². The van der Waals surface area contributed by atoms with Crippen LogP contribution in [0.2, 0.25) is 5.02 Å². The van der Waals surface area contributed by atoms with E-state index < -0.39 is 5.82 Å². The summed E-state index contributed by atoms with van der Waals surface area (Å²) < 4.78 is 23.8. The second kappa shape index (κ2) is 11.2. The lowest BCUT2D eigenvalue weighted by Crippen LogP contribution is -2.23. The van der Waals surface area contributed by atoms with E-state index in [2.05, 4.69) is 25.0 Å². The molecule has 10 heteroatoms. The second-order valence-corrected chi connectivity index (χ2v) is 10.2. The van der Waals surface area contributed by atoms with Crippen LogP contribution in [0.15, 0.2) is 65.1 Å². The molecule has 0 spiro atoms. The zero-order chi connectivity index (χ0) is 24.0. The fourth-order valence-electron chi connectivity index (χ4n) is 3.86. The summed E-state index contributed by atoms with van der Waals surface area (Å²) in [6.45, 7) is 0. The topological polar surface area (TPSA) is 72.0 Å². The smallest absolute Gasteiger partial charge is 0.239 e. The summed E-state index contributed by atoms with van der Waals surface area (Å²) in [6, 6.07) is 14.3. The molecule has 6 nitrogen and oxygen atoms in total. The van der Waals surface area contributed by atoms with Gasteiger partial charge in [-0.15, -0.1) is 11.3 Å². The molecule has 0 bridgehead atoms. The van der Waals surface area contributed by atoms with Gasteiger partial charge >= 0.3 is 0 Å². The van der Waals surface area contributed by atoms with Crippen molar-refractivity contribution in [3.05, 3.63) is 71.1 Å². The molecular formula is C25H23ClFN5OS2. The SMILES string of the molecule is Fc1cc(NSc2ccccc2Cl)ccc1Oc1ncsc1-c1ccnc(NC2CCCCC2)n1. The summed E-state index contributed by atoms with van der Waals surface area (Å²) in [5.41, 5.74) is 2.94. The molecule has 0 unspecified atom stereocenters. The average molecular weight is 528 g/mol. The van der Waals surface area contributed by atoms with Crippen LogP contribution in [0.1, 0.15) is 32.1 Å². The highest BCUT2D eigenvalue weighted by Crippen LogP contribution is 2.37. The molecule has 180 valence electrons. The van der Waals surface area contributed by atoms with Gasteiger partial charge in [0.15, 0.2) is 11.6 Å². The largest absolute Gasteiger partial charge is 0.434 e. The minimum atomic E-state index is -0.504. The Balaban J connectivity index is 1.28. The maximum Gasteiger partial charge on any atom is 0.239 e. The number of thiazole rings is 1. The maximum absolute atomic E-state index is 14.8. The molecule has 0 atom stereocenters. The highest BCUT2D eigenvalue weighted by Gasteiger charge is 2.18. The van der Waals surface area contributed by atoms with Gasteiger partial charge in [-0.25, -0.2) is 19.3 Å². The summed E-state index contributed by atoms with van der Waals surface area (Å²) in [6.07, 6.45) is 7.71. The van der Waals surface area contributed by atoms with Gasteiger partial charge in [0, 0.05) is 28.9 Å². The average Bonchev–Trinajstić information content (AvgIpc) is 3.34. The zero-order valence-corrected chi connectivity index (χ0v) is 21.1. The molecule has 0 radical (unpaired) electrons. The van der Waals surface area contributed by atoms with Crippen molar-refractivity contribution in [1.29, 1.82) is 0 Å². The van der Waals surface area contributed by atoms with E-state index in [1.807, 2.05) is 24.3 Å². The third-order valence-electron chi connectivity index (χ3n) is 5.62. The van der Waals surface area contributed by atoms with Crippen molar-refractivity contribution in [2.24, 2.45) is 0 Å². The van der Waals surface area contributed by atoms with Gasteiger partial charge in [-0.1, -0.05) is 43.0 Å². The number of nitrogens with one attached hydrogen (secondary N) is 2. The summed E-state index contributed by atoms with van der Waals surface area (Å²) in [7, 11) is 0. The van der Waals surface area contributed by atoms with Crippen LogP contribution >= 0.6 is 34.9 Å². The van der Waals surface area contributed by atoms with Crippen molar-refractivity contribution in [2.45, 2.75) is 43.0 Å². The molecule has 35 heavy (non-hydrogen) atoms. The fourth-order valence-corrected chi connectivity index (χ4v) is 5.46. The molecule has 0 amide bonds. The standard InChI is InChI=1S/C25H23ClFN5OS2/c26-18-8-4-5-9-22(18)35-32-17-10-11-21(19(27)14-17)33-24-23(34-15-29-24)20-12-13-28-25(31-20)30-16-6-2-1-3-7-16/h4-5,8-16,32H,1-3,6-7H2,(H,28,30,31). The van der Waals surface area contributed by atoms with E-state index in [4.69, 9.17) is 16.3 Å². The molecule has 2 aromatic carbocycles. The van der Waals surface area contributed by atoms with Gasteiger partial charge in [-0.2, -0.15) is 0 Å². The van der Waals surface area contributed by atoms with Crippen molar-refractivity contribution in [2.75, 3.05) is 10.0 Å². The first-order valence-corrected chi connectivity index (χ1v) is 13.4. The second-order valence-electron chi connectivity index (χ2n) is 8.11. The van der Waals surface area contributed by atoms with Gasteiger partial charge in [-0.05, 0) is 55.1 Å². The summed E-state index contributed by atoms with van der Waals surface area (Å²) in [5, 5.41) is 4.07. The van der Waals surface area contributed by atoms with Gasteiger partial charge in [0.1, 0.15) is 4.88 Å². The number of ether oxygens (including phenoxy) is 1. The van der Waals surface area contributed by atoms with Crippen molar-refractivity contribution in [3.63, 3.8) is 0 Å². The Hall–Kier alpha value is -2.88. The zero-order valence-electron chi connectivity index (χ0n) is 18.7. The number of hydrogen-bond acceptors (Lipinski definition) is 8. The van der Waals surface area contributed by atoms with Gasteiger partial charge in [0.25, 0.3) is 0 Å². The molecule has 0 aliphatic heterocycles. The number of aromatic nitrogens is 3. The quantitative estimate of drug-likeness (QED) is 0.224. The Labute approximate surface area is 216 Å². The summed E-state index contributed by atoms with van der Waals surface area (Å²) in [4.78, 5) is 14.9. The highest BCUT2D eigenvalue weighted by atomic mass is 35.5. The normalized spacial score (nSPS) is 14.0. The van der Waals surface area contributed by atoms with Crippen LogP contribution in [-0.2, 0) is 0 Å². The van der Waals surface area contributed by atoms with E-state index in [1.165, 1.54) is 48.6 Å². The van der Waals surface area contributed by atoms with E-state index >= 15 is 0 Å². The monoisotopic (exact) mass is 527 g/mol. The first-order valence-electron chi connectivity index (χ1n) is 11.3. The number of anilines is 2. The van der Waals surface area contributed by atoms with Crippen LogP contribution in [0.3, 0.4) is 0 Å². The Kier molecular flexibility index (Phi) is 7.66. The van der Waals surface area contributed by atoms with Gasteiger partial charge in [0.2, 0.25) is 11.8 Å². The molecule has 5 rings (SSSR count). The lowest BCUT2D eigenvalue weighted by atomic mass is 9.96. The number of rotatable bonds is 8. The predicted molar refractivity (Wildman–Crippen MR) is 141 cm³/mol. The lowest BCUT2D eigenvalue weighted by molar-refractivity contribution is 0.431. The molecule has 2 N–H and O–H groups in total. The third-order valence-corrected chi connectivity index (χ3v) is 7.80. The molecule has 1 aliphatic rings. The van der Waals surface area contributed by atoms with E-state index in [0.717, 1.165) is 22.6 Å². The van der Waals surface area contributed by atoms with Gasteiger partial charge < -0.3 is 14.8 Å². The predicted octanol–water partition coefficient (Wildman–Crippen LogP) is 8.05. The number of hydrogen-bond donors (Lipinski definition) is 2. The number of benzene rings is 2. The van der Waals surface area contributed by atoms with Crippen molar-refractivity contribution in [3.8, 4) is 22.2 Å². The van der Waals surface area contributed by atoms with Gasteiger partial charge in [-0.3, -0.25) is 0 Å². The molecule has 2 aromatic heterocycles. The van der Waals surface area contributed by atoms with Crippen LogP contribution in [0.25, 0.3) is 10.6 Å². The fraction of sp³-hybridized carbons (Fsp3) is 0.240. The van der Waals surface area contributed by atoms with Crippen LogP contribution in [0, 0.1) is 5.82 Å². The molecule has 1 saturated carbocycles.